The highest BCUT2D eigenvalue weighted by Crippen LogP contribution is 2.25. The summed E-state index contributed by atoms with van der Waals surface area (Å²) in [7, 11) is -4.10. The van der Waals surface area contributed by atoms with Crippen molar-refractivity contribution in [2.45, 2.75) is 4.90 Å². The number of halogens is 1. The lowest BCUT2D eigenvalue weighted by Gasteiger charge is -2.23. The molecule has 0 fully saturated rings. The van der Waals surface area contributed by atoms with E-state index in [1.807, 2.05) is 0 Å². The standard InChI is InChI=1S/C21H17ClN4O6S/c22-16-6-8-17(9-7-16)25(33(31,32)19-4-2-1-3-5-19)14-21(28)24-23-13-15-12-18(26(29)30)10-11-20(15)27/h1-13,27H,14H2,(H,24,28). The molecule has 0 radical (unpaired) electrons. The second-order valence-electron chi connectivity index (χ2n) is 6.59. The van der Waals surface area contributed by atoms with E-state index < -0.39 is 27.4 Å². The van der Waals surface area contributed by atoms with Crippen LogP contribution in [0.15, 0.2) is 82.8 Å². The number of nitrogens with one attached hydrogen (secondary N) is 1. The molecule has 3 aromatic rings. The molecule has 33 heavy (non-hydrogen) atoms. The minimum Gasteiger partial charge on any atom is -0.507 e. The van der Waals surface area contributed by atoms with E-state index in [9.17, 15) is 28.4 Å². The molecular formula is C21H17ClN4O6S. The molecule has 0 atom stereocenters. The summed E-state index contributed by atoms with van der Waals surface area (Å²) in [4.78, 5) is 22.7. The van der Waals surface area contributed by atoms with Crippen LogP contribution >= 0.6 is 11.6 Å². The Morgan fingerprint density at radius 1 is 1.12 bits per heavy atom. The number of sulfonamides is 1. The molecule has 0 bridgehead atoms. The maximum Gasteiger partial charge on any atom is 0.270 e. The molecule has 3 aromatic carbocycles. The number of carbonyl (C=O) groups excluding carboxylic acids is 1. The molecule has 0 spiro atoms. The summed E-state index contributed by atoms with van der Waals surface area (Å²) in [6, 6.07) is 16.8. The van der Waals surface area contributed by atoms with Crippen LogP contribution in [-0.4, -0.2) is 37.1 Å². The quantitative estimate of drug-likeness (QED) is 0.283. The number of anilines is 1. The van der Waals surface area contributed by atoms with Gasteiger partial charge in [0, 0.05) is 22.7 Å². The van der Waals surface area contributed by atoms with Gasteiger partial charge in [0.1, 0.15) is 12.3 Å². The van der Waals surface area contributed by atoms with Gasteiger partial charge in [0.15, 0.2) is 0 Å². The molecule has 1 amide bonds. The molecule has 2 N–H and O–H groups in total. The molecule has 0 heterocycles. The molecule has 0 aliphatic rings. The van der Waals surface area contributed by atoms with E-state index in [2.05, 4.69) is 10.5 Å². The van der Waals surface area contributed by atoms with Crippen LogP contribution in [0.5, 0.6) is 5.75 Å². The summed E-state index contributed by atoms with van der Waals surface area (Å²) < 4.78 is 27.2. The first kappa shape index (κ1) is 23.7. The molecule has 0 aliphatic carbocycles. The van der Waals surface area contributed by atoms with E-state index in [1.165, 1.54) is 36.4 Å². The third-order valence-electron chi connectivity index (χ3n) is 4.35. The van der Waals surface area contributed by atoms with Crippen molar-refractivity contribution in [3.8, 4) is 5.75 Å². The van der Waals surface area contributed by atoms with Crippen LogP contribution in [0.25, 0.3) is 0 Å². The van der Waals surface area contributed by atoms with Crippen molar-refractivity contribution >= 4 is 45.1 Å². The number of non-ortho nitro benzene ring substituents is 1. The highest BCUT2D eigenvalue weighted by molar-refractivity contribution is 7.92. The summed E-state index contributed by atoms with van der Waals surface area (Å²) in [6.45, 7) is -0.614. The molecule has 12 heteroatoms. The van der Waals surface area contributed by atoms with E-state index >= 15 is 0 Å². The van der Waals surface area contributed by atoms with Gasteiger partial charge < -0.3 is 5.11 Å². The number of hydrogen-bond acceptors (Lipinski definition) is 7. The van der Waals surface area contributed by atoms with Gasteiger partial charge >= 0.3 is 0 Å². The Kier molecular flexibility index (Phi) is 7.26. The van der Waals surface area contributed by atoms with Gasteiger partial charge in [-0.2, -0.15) is 5.10 Å². The van der Waals surface area contributed by atoms with Gasteiger partial charge in [-0.3, -0.25) is 19.2 Å². The van der Waals surface area contributed by atoms with Crippen molar-refractivity contribution in [1.29, 1.82) is 0 Å². The number of phenolic OH excluding ortho intramolecular Hbond substituents is 1. The number of hydrazone groups is 1. The molecular weight excluding hydrogens is 472 g/mol. The molecule has 0 aromatic heterocycles. The van der Waals surface area contributed by atoms with Gasteiger partial charge in [0.25, 0.3) is 21.6 Å². The first-order valence-electron chi connectivity index (χ1n) is 9.31. The van der Waals surface area contributed by atoms with Gasteiger partial charge in [0.2, 0.25) is 0 Å². The maximum absolute atomic E-state index is 13.2. The van der Waals surface area contributed by atoms with Crippen LogP contribution in [-0.2, 0) is 14.8 Å². The summed E-state index contributed by atoms with van der Waals surface area (Å²) in [5, 5.41) is 24.7. The number of hydrogen-bond donors (Lipinski definition) is 2. The second-order valence-corrected chi connectivity index (χ2v) is 8.89. The molecule has 0 unspecified atom stereocenters. The summed E-state index contributed by atoms with van der Waals surface area (Å²) in [5.74, 6) is -1.07. The zero-order valence-corrected chi connectivity index (χ0v) is 18.4. The SMILES string of the molecule is O=C(CN(c1ccc(Cl)cc1)S(=O)(=O)c1ccccc1)NN=Cc1cc([N+](=O)[O-])ccc1O. The lowest BCUT2D eigenvalue weighted by molar-refractivity contribution is -0.384. The number of amides is 1. The van der Waals surface area contributed by atoms with Gasteiger partial charge in [-0.05, 0) is 42.5 Å². The van der Waals surface area contributed by atoms with Gasteiger partial charge in [-0.25, -0.2) is 13.8 Å². The average molecular weight is 489 g/mol. The van der Waals surface area contributed by atoms with Crippen molar-refractivity contribution in [3.05, 3.63) is 93.5 Å². The van der Waals surface area contributed by atoms with Gasteiger partial charge in [-0.15, -0.1) is 0 Å². The highest BCUT2D eigenvalue weighted by Gasteiger charge is 2.27. The van der Waals surface area contributed by atoms with Gasteiger partial charge in [-0.1, -0.05) is 29.8 Å². The lowest BCUT2D eigenvalue weighted by atomic mass is 10.2. The van der Waals surface area contributed by atoms with E-state index in [0.717, 1.165) is 28.7 Å². The number of phenols is 1. The monoisotopic (exact) mass is 488 g/mol. The second kappa shape index (κ2) is 10.1. The molecule has 170 valence electrons. The summed E-state index contributed by atoms with van der Waals surface area (Å²) in [6.07, 6.45) is 1.01. The van der Waals surface area contributed by atoms with Crippen molar-refractivity contribution in [1.82, 2.24) is 5.43 Å². The minimum absolute atomic E-state index is 0.00374. The Labute approximate surface area is 193 Å². The Morgan fingerprint density at radius 2 is 1.79 bits per heavy atom. The van der Waals surface area contributed by atoms with Gasteiger partial charge in [0.05, 0.1) is 21.7 Å². The fraction of sp³-hybridized carbons (Fsp3) is 0.0476. The summed E-state index contributed by atoms with van der Waals surface area (Å²) >= 11 is 5.89. The Balaban J connectivity index is 1.82. The zero-order valence-electron chi connectivity index (χ0n) is 16.8. The minimum atomic E-state index is -4.10. The number of nitro groups is 1. The zero-order chi connectivity index (χ0) is 24.0. The maximum atomic E-state index is 13.2. The molecule has 3 rings (SSSR count). The first-order valence-corrected chi connectivity index (χ1v) is 11.1. The van der Waals surface area contributed by atoms with Crippen molar-refractivity contribution in [2.24, 2.45) is 5.10 Å². The van der Waals surface area contributed by atoms with Crippen LogP contribution in [0.2, 0.25) is 5.02 Å². The van der Waals surface area contributed by atoms with E-state index in [1.54, 1.807) is 18.2 Å². The van der Waals surface area contributed by atoms with Crippen LogP contribution in [0.3, 0.4) is 0 Å². The smallest absolute Gasteiger partial charge is 0.270 e. The van der Waals surface area contributed by atoms with Crippen LogP contribution in [0.4, 0.5) is 11.4 Å². The fourth-order valence-electron chi connectivity index (χ4n) is 2.74. The molecule has 0 saturated heterocycles. The average Bonchev–Trinajstić information content (AvgIpc) is 2.80. The number of carbonyl (C=O) groups is 1. The topological polar surface area (TPSA) is 142 Å². The molecule has 0 aliphatic heterocycles. The van der Waals surface area contributed by atoms with E-state index in [0.29, 0.717) is 5.02 Å². The third-order valence-corrected chi connectivity index (χ3v) is 6.39. The number of rotatable bonds is 8. The van der Waals surface area contributed by atoms with E-state index in [4.69, 9.17) is 11.6 Å². The van der Waals surface area contributed by atoms with Crippen LogP contribution in [0, 0.1) is 10.1 Å². The predicted octanol–water partition coefficient (Wildman–Crippen LogP) is 3.30. The van der Waals surface area contributed by atoms with Crippen molar-refractivity contribution < 1.29 is 23.2 Å². The first-order chi connectivity index (χ1) is 15.7. The van der Waals surface area contributed by atoms with Crippen molar-refractivity contribution in [3.63, 3.8) is 0 Å². The normalized spacial score (nSPS) is 11.3. The van der Waals surface area contributed by atoms with E-state index in [-0.39, 0.29) is 27.6 Å². The summed E-state index contributed by atoms with van der Waals surface area (Å²) in [5.41, 5.74) is 2.09. The third kappa shape index (κ3) is 5.84. The highest BCUT2D eigenvalue weighted by atomic mass is 35.5. The number of nitrogens with zero attached hydrogens (tertiary/aromatic N) is 3. The molecule has 10 nitrogen and oxygen atoms in total. The largest absolute Gasteiger partial charge is 0.507 e. The Hall–Kier alpha value is -3.96. The molecule has 0 saturated carbocycles. The number of nitro benzene ring substituents is 1. The fourth-order valence-corrected chi connectivity index (χ4v) is 4.31. The number of aromatic hydroxyl groups is 1. The van der Waals surface area contributed by atoms with Crippen molar-refractivity contribution in [2.75, 3.05) is 10.8 Å². The lowest BCUT2D eigenvalue weighted by Crippen LogP contribution is -2.39. The predicted molar refractivity (Wildman–Crippen MR) is 123 cm³/mol. The Morgan fingerprint density at radius 3 is 2.42 bits per heavy atom. The Bertz CT molecular complexity index is 1300. The van der Waals surface area contributed by atoms with Crippen LogP contribution < -0.4 is 9.73 Å². The van der Waals surface area contributed by atoms with Crippen LogP contribution in [0.1, 0.15) is 5.56 Å². The number of benzene rings is 3.